The minimum atomic E-state index is -0.335. The van der Waals surface area contributed by atoms with Gasteiger partial charge in [-0.2, -0.15) is 5.10 Å². The zero-order valence-electron chi connectivity index (χ0n) is 11.1. The van der Waals surface area contributed by atoms with E-state index < -0.39 is 0 Å². The van der Waals surface area contributed by atoms with Gasteiger partial charge in [-0.3, -0.25) is 14.0 Å². The lowest BCUT2D eigenvalue weighted by atomic mass is 10.3. The molecule has 0 aliphatic carbocycles. The first-order valence-corrected chi connectivity index (χ1v) is 6.71. The molecule has 0 saturated carbocycles. The number of rotatable bonds is 3. The fourth-order valence-electron chi connectivity index (χ4n) is 1.90. The van der Waals surface area contributed by atoms with Gasteiger partial charge in [0.15, 0.2) is 0 Å². The van der Waals surface area contributed by atoms with E-state index in [1.54, 1.807) is 18.8 Å². The Hall–Kier alpha value is -1.63. The van der Waals surface area contributed by atoms with Gasteiger partial charge < -0.3 is 4.57 Å². The van der Waals surface area contributed by atoms with E-state index in [1.165, 1.54) is 21.4 Å². The second kappa shape index (κ2) is 5.16. The number of nitrogens with zero attached hydrogens (tertiary/aromatic N) is 4. The second-order valence-corrected chi connectivity index (χ2v) is 5.11. The molecule has 0 radical (unpaired) electrons. The van der Waals surface area contributed by atoms with Crippen molar-refractivity contribution in [1.82, 2.24) is 18.9 Å². The molecule has 0 atom stereocenters. The minimum Gasteiger partial charge on any atom is -0.303 e. The summed E-state index contributed by atoms with van der Waals surface area (Å²) < 4.78 is 5.13. The third-order valence-electron chi connectivity index (χ3n) is 3.05. The lowest BCUT2D eigenvalue weighted by Gasteiger charge is -2.07. The predicted octanol–water partition coefficient (Wildman–Crippen LogP) is 0.654. The standard InChI is InChI=1S/C12H15BrN4O2/c1-4-8-11(13)9(16(3)14-8)7-17-10(18)5-6-15(2)12(17)19/h5-6H,4,7H2,1-3H3. The topological polar surface area (TPSA) is 61.8 Å². The van der Waals surface area contributed by atoms with Crippen LogP contribution in [0.2, 0.25) is 0 Å². The summed E-state index contributed by atoms with van der Waals surface area (Å²) in [6.45, 7) is 2.21. The highest BCUT2D eigenvalue weighted by Crippen LogP contribution is 2.21. The molecule has 0 aliphatic heterocycles. The van der Waals surface area contributed by atoms with Crippen molar-refractivity contribution in [2.45, 2.75) is 19.9 Å². The van der Waals surface area contributed by atoms with Crippen LogP contribution < -0.4 is 11.2 Å². The fourth-order valence-corrected chi connectivity index (χ4v) is 2.64. The molecule has 0 bridgehead atoms. The van der Waals surface area contributed by atoms with Gasteiger partial charge in [0.2, 0.25) is 0 Å². The Morgan fingerprint density at radius 3 is 2.58 bits per heavy atom. The quantitative estimate of drug-likeness (QED) is 0.832. The maximum atomic E-state index is 12.0. The number of hydrogen-bond acceptors (Lipinski definition) is 3. The molecule has 2 aromatic heterocycles. The summed E-state index contributed by atoms with van der Waals surface area (Å²) in [4.78, 5) is 23.8. The first-order valence-electron chi connectivity index (χ1n) is 5.92. The van der Waals surface area contributed by atoms with Gasteiger partial charge in [0.05, 0.1) is 22.4 Å². The maximum absolute atomic E-state index is 12.0. The van der Waals surface area contributed by atoms with Crippen LogP contribution in [0.5, 0.6) is 0 Å². The molecular weight excluding hydrogens is 312 g/mol. The largest absolute Gasteiger partial charge is 0.331 e. The smallest absolute Gasteiger partial charge is 0.303 e. The van der Waals surface area contributed by atoms with Gasteiger partial charge in [-0.05, 0) is 22.4 Å². The lowest BCUT2D eigenvalue weighted by Crippen LogP contribution is -2.38. The van der Waals surface area contributed by atoms with Crippen molar-refractivity contribution in [2.75, 3.05) is 0 Å². The van der Waals surface area contributed by atoms with Crippen LogP contribution >= 0.6 is 15.9 Å². The van der Waals surface area contributed by atoms with Crippen molar-refractivity contribution in [3.8, 4) is 0 Å². The van der Waals surface area contributed by atoms with Gasteiger partial charge in [-0.15, -0.1) is 0 Å². The van der Waals surface area contributed by atoms with E-state index in [4.69, 9.17) is 0 Å². The molecule has 0 amide bonds. The van der Waals surface area contributed by atoms with E-state index in [1.807, 2.05) is 6.92 Å². The molecule has 0 aliphatic rings. The molecule has 102 valence electrons. The summed E-state index contributed by atoms with van der Waals surface area (Å²) in [5.41, 5.74) is 1.08. The van der Waals surface area contributed by atoms with Crippen LogP contribution in [-0.2, 0) is 27.1 Å². The van der Waals surface area contributed by atoms with Crippen LogP contribution in [0.3, 0.4) is 0 Å². The second-order valence-electron chi connectivity index (χ2n) is 4.32. The number of aryl methyl sites for hydroxylation is 3. The van der Waals surface area contributed by atoms with Gasteiger partial charge in [0.25, 0.3) is 5.56 Å². The van der Waals surface area contributed by atoms with Crippen LogP contribution in [0.1, 0.15) is 18.3 Å². The van der Waals surface area contributed by atoms with Crippen molar-refractivity contribution in [1.29, 1.82) is 0 Å². The average molecular weight is 327 g/mol. The molecule has 0 spiro atoms. The van der Waals surface area contributed by atoms with Gasteiger partial charge in [-0.25, -0.2) is 4.79 Å². The zero-order valence-corrected chi connectivity index (χ0v) is 12.6. The van der Waals surface area contributed by atoms with Crippen molar-refractivity contribution in [3.05, 3.63) is 49.0 Å². The molecule has 6 nitrogen and oxygen atoms in total. The van der Waals surface area contributed by atoms with Gasteiger partial charge in [0.1, 0.15) is 0 Å². The number of halogens is 1. The predicted molar refractivity (Wildman–Crippen MR) is 75.3 cm³/mol. The van der Waals surface area contributed by atoms with Crippen LogP contribution in [0.4, 0.5) is 0 Å². The Morgan fingerprint density at radius 1 is 1.32 bits per heavy atom. The van der Waals surface area contributed by atoms with E-state index in [2.05, 4.69) is 21.0 Å². The van der Waals surface area contributed by atoms with E-state index in [9.17, 15) is 9.59 Å². The molecule has 0 aromatic carbocycles. The number of aromatic nitrogens is 4. The summed E-state index contributed by atoms with van der Waals surface area (Å²) in [7, 11) is 3.42. The molecule has 7 heteroatoms. The fraction of sp³-hybridized carbons (Fsp3) is 0.417. The van der Waals surface area contributed by atoms with Crippen LogP contribution in [0.25, 0.3) is 0 Å². The third-order valence-corrected chi connectivity index (χ3v) is 3.97. The molecule has 0 N–H and O–H groups in total. The highest BCUT2D eigenvalue weighted by Gasteiger charge is 2.14. The van der Waals surface area contributed by atoms with E-state index in [-0.39, 0.29) is 17.8 Å². The van der Waals surface area contributed by atoms with Crippen LogP contribution in [0.15, 0.2) is 26.3 Å². The van der Waals surface area contributed by atoms with Gasteiger partial charge >= 0.3 is 5.69 Å². The van der Waals surface area contributed by atoms with Crippen molar-refractivity contribution in [2.24, 2.45) is 14.1 Å². The molecule has 19 heavy (non-hydrogen) atoms. The third kappa shape index (κ3) is 2.42. The van der Waals surface area contributed by atoms with E-state index >= 15 is 0 Å². The summed E-state index contributed by atoms with van der Waals surface area (Å²) in [6.07, 6.45) is 2.26. The van der Waals surface area contributed by atoms with Gasteiger partial charge in [0, 0.05) is 26.4 Å². The first kappa shape index (κ1) is 13.8. The Kier molecular flexibility index (Phi) is 3.75. The molecular formula is C12H15BrN4O2. The Morgan fingerprint density at radius 2 is 2.00 bits per heavy atom. The highest BCUT2D eigenvalue weighted by molar-refractivity contribution is 9.10. The Labute approximate surface area is 118 Å². The Balaban J connectivity index is 2.54. The molecule has 0 saturated heterocycles. The van der Waals surface area contributed by atoms with Crippen LogP contribution in [0, 0.1) is 0 Å². The minimum absolute atomic E-state index is 0.205. The van der Waals surface area contributed by atoms with E-state index in [0.717, 1.165) is 22.3 Å². The highest BCUT2D eigenvalue weighted by atomic mass is 79.9. The van der Waals surface area contributed by atoms with Crippen LogP contribution in [-0.4, -0.2) is 18.9 Å². The summed E-state index contributed by atoms with van der Waals surface area (Å²) >= 11 is 3.48. The van der Waals surface area contributed by atoms with Gasteiger partial charge in [-0.1, -0.05) is 6.92 Å². The maximum Gasteiger partial charge on any atom is 0.331 e. The van der Waals surface area contributed by atoms with E-state index in [0.29, 0.717) is 0 Å². The molecule has 0 unspecified atom stereocenters. The first-order chi connectivity index (χ1) is 8.95. The summed E-state index contributed by atoms with van der Waals surface area (Å²) in [5, 5.41) is 4.35. The van der Waals surface area contributed by atoms with Crippen molar-refractivity contribution < 1.29 is 0 Å². The average Bonchev–Trinajstić information content (AvgIpc) is 2.65. The summed E-state index contributed by atoms with van der Waals surface area (Å²) in [5.74, 6) is 0. The monoisotopic (exact) mass is 326 g/mol. The molecule has 2 rings (SSSR count). The zero-order chi connectivity index (χ0) is 14.2. The van der Waals surface area contributed by atoms with Crippen molar-refractivity contribution >= 4 is 15.9 Å². The summed E-state index contributed by atoms with van der Waals surface area (Å²) in [6, 6.07) is 1.38. The van der Waals surface area contributed by atoms with Crippen molar-refractivity contribution in [3.63, 3.8) is 0 Å². The Bertz CT molecular complexity index is 726. The lowest BCUT2D eigenvalue weighted by molar-refractivity contribution is 0.597. The normalized spacial score (nSPS) is 10.9. The SMILES string of the molecule is CCc1nn(C)c(Cn2c(=O)ccn(C)c2=O)c1Br. The molecule has 2 heterocycles. The molecule has 2 aromatic rings. The number of hydrogen-bond donors (Lipinski definition) is 0. The molecule has 0 fully saturated rings.